The van der Waals surface area contributed by atoms with Gasteiger partial charge < -0.3 is 11.1 Å². The number of thiazole rings is 1. The van der Waals surface area contributed by atoms with Crippen molar-refractivity contribution in [1.82, 2.24) is 10.3 Å². The summed E-state index contributed by atoms with van der Waals surface area (Å²) in [5.74, 6) is 1.69. The fourth-order valence-corrected chi connectivity index (χ4v) is 2.44. The molecule has 16 heavy (non-hydrogen) atoms. The fourth-order valence-electron chi connectivity index (χ4n) is 1.11. The second-order valence-electron chi connectivity index (χ2n) is 3.09. The summed E-state index contributed by atoms with van der Waals surface area (Å²) in [6, 6.07) is 0. The van der Waals surface area contributed by atoms with Crippen molar-refractivity contribution in [2.45, 2.75) is 6.92 Å². The van der Waals surface area contributed by atoms with Gasteiger partial charge in [-0.3, -0.25) is 4.79 Å². The second kappa shape index (κ2) is 6.55. The maximum absolute atomic E-state index is 11.7. The molecule has 1 aromatic heterocycles. The average Bonchev–Trinajstić information content (AvgIpc) is 2.57. The zero-order valence-electron chi connectivity index (χ0n) is 9.16. The smallest absolute Gasteiger partial charge is 0.263 e. The van der Waals surface area contributed by atoms with Gasteiger partial charge in [-0.1, -0.05) is 17.4 Å². The topological polar surface area (TPSA) is 68.0 Å². The number of carbonyl (C=O) groups excluding carboxylic acids is 1. The van der Waals surface area contributed by atoms with Crippen LogP contribution >= 0.6 is 23.1 Å². The molecule has 6 heteroatoms. The Balaban J connectivity index is 2.35. The third-order valence-corrected chi connectivity index (χ3v) is 3.74. The van der Waals surface area contributed by atoms with Crippen molar-refractivity contribution in [3.05, 3.63) is 23.2 Å². The first-order valence-electron chi connectivity index (χ1n) is 4.85. The van der Waals surface area contributed by atoms with Crippen molar-refractivity contribution in [2.75, 3.05) is 23.8 Å². The number of hydrogen-bond donors (Lipinski definition) is 2. The van der Waals surface area contributed by atoms with E-state index in [4.69, 9.17) is 5.73 Å². The van der Waals surface area contributed by atoms with Gasteiger partial charge in [0.2, 0.25) is 0 Å². The van der Waals surface area contributed by atoms with Gasteiger partial charge in [0.25, 0.3) is 5.91 Å². The number of aromatic nitrogens is 1. The predicted molar refractivity (Wildman–Crippen MR) is 71.1 cm³/mol. The van der Waals surface area contributed by atoms with Crippen LogP contribution in [-0.4, -0.2) is 28.9 Å². The lowest BCUT2D eigenvalue weighted by atomic mass is 10.4. The minimum atomic E-state index is -0.0918. The summed E-state index contributed by atoms with van der Waals surface area (Å²) in [6.07, 6.45) is 1.85. The summed E-state index contributed by atoms with van der Waals surface area (Å²) in [4.78, 5) is 16.3. The molecule has 88 valence electrons. The van der Waals surface area contributed by atoms with Gasteiger partial charge in [-0.15, -0.1) is 6.58 Å². The molecule has 1 amide bonds. The Labute approximate surface area is 103 Å². The molecular formula is C10H15N3OS2. The molecule has 0 fully saturated rings. The van der Waals surface area contributed by atoms with E-state index in [1.54, 1.807) is 18.7 Å². The van der Waals surface area contributed by atoms with Crippen molar-refractivity contribution in [3.63, 3.8) is 0 Å². The van der Waals surface area contributed by atoms with Gasteiger partial charge >= 0.3 is 0 Å². The molecule has 0 saturated heterocycles. The molecule has 4 nitrogen and oxygen atoms in total. The van der Waals surface area contributed by atoms with Crippen molar-refractivity contribution in [2.24, 2.45) is 0 Å². The van der Waals surface area contributed by atoms with E-state index in [-0.39, 0.29) is 5.91 Å². The van der Waals surface area contributed by atoms with E-state index in [1.165, 1.54) is 11.3 Å². The van der Waals surface area contributed by atoms with Crippen LogP contribution in [0.25, 0.3) is 0 Å². The van der Waals surface area contributed by atoms with Crippen LogP contribution in [0.3, 0.4) is 0 Å². The van der Waals surface area contributed by atoms with Crippen molar-refractivity contribution >= 4 is 34.1 Å². The third kappa shape index (κ3) is 3.86. The van der Waals surface area contributed by atoms with Gasteiger partial charge in [-0.25, -0.2) is 4.98 Å². The standard InChI is InChI=1S/C10H15N3OS2/c1-3-5-15-6-4-12-9(14)8-7(2)13-10(11)16-8/h3H,1,4-6H2,2H3,(H2,11,13)(H,12,14). The molecule has 0 aliphatic heterocycles. The van der Waals surface area contributed by atoms with Crippen molar-refractivity contribution < 1.29 is 4.79 Å². The highest BCUT2D eigenvalue weighted by atomic mass is 32.2. The molecule has 1 rings (SSSR count). The van der Waals surface area contributed by atoms with E-state index in [2.05, 4.69) is 16.9 Å². The zero-order chi connectivity index (χ0) is 12.0. The van der Waals surface area contributed by atoms with Crippen molar-refractivity contribution in [1.29, 1.82) is 0 Å². The summed E-state index contributed by atoms with van der Waals surface area (Å²) in [5.41, 5.74) is 6.22. The summed E-state index contributed by atoms with van der Waals surface area (Å²) in [5, 5.41) is 3.27. The third-order valence-electron chi connectivity index (χ3n) is 1.79. The van der Waals surface area contributed by atoms with E-state index in [0.717, 1.165) is 11.5 Å². The van der Waals surface area contributed by atoms with Crippen LogP contribution in [-0.2, 0) is 0 Å². The summed E-state index contributed by atoms with van der Waals surface area (Å²) < 4.78 is 0. The molecule has 0 aliphatic carbocycles. The van der Waals surface area contributed by atoms with Crippen LogP contribution in [0.2, 0.25) is 0 Å². The van der Waals surface area contributed by atoms with Crippen LogP contribution in [0.5, 0.6) is 0 Å². The first-order valence-corrected chi connectivity index (χ1v) is 6.82. The van der Waals surface area contributed by atoms with E-state index in [1.807, 2.05) is 6.08 Å². The summed E-state index contributed by atoms with van der Waals surface area (Å²) in [7, 11) is 0. The summed E-state index contributed by atoms with van der Waals surface area (Å²) >= 11 is 2.95. The van der Waals surface area contributed by atoms with Crippen LogP contribution in [0.15, 0.2) is 12.7 Å². The number of rotatable bonds is 6. The van der Waals surface area contributed by atoms with Crippen LogP contribution in [0.1, 0.15) is 15.4 Å². The molecule has 0 radical (unpaired) electrons. The van der Waals surface area contributed by atoms with Crippen LogP contribution in [0.4, 0.5) is 5.13 Å². The summed E-state index contributed by atoms with van der Waals surface area (Å²) in [6.45, 7) is 6.06. The molecule has 0 atom stereocenters. The number of hydrogen-bond acceptors (Lipinski definition) is 5. The average molecular weight is 257 g/mol. The number of nitrogen functional groups attached to an aromatic ring is 1. The Morgan fingerprint density at radius 2 is 2.50 bits per heavy atom. The van der Waals surface area contributed by atoms with E-state index >= 15 is 0 Å². The van der Waals surface area contributed by atoms with Gasteiger partial charge in [0.05, 0.1) is 5.69 Å². The first kappa shape index (κ1) is 13.1. The van der Waals surface area contributed by atoms with E-state index < -0.39 is 0 Å². The van der Waals surface area contributed by atoms with E-state index in [0.29, 0.717) is 22.2 Å². The molecule has 0 aromatic carbocycles. The molecule has 0 saturated carbocycles. The Bertz CT molecular complexity index is 376. The van der Waals surface area contributed by atoms with Gasteiger partial charge in [-0.05, 0) is 6.92 Å². The lowest BCUT2D eigenvalue weighted by Crippen LogP contribution is -2.25. The Kier molecular flexibility index (Phi) is 5.34. The Morgan fingerprint density at radius 1 is 1.75 bits per heavy atom. The number of nitrogens with two attached hydrogens (primary N) is 1. The molecule has 3 N–H and O–H groups in total. The number of nitrogens with zero attached hydrogens (tertiary/aromatic N) is 1. The molecule has 0 aliphatic rings. The van der Waals surface area contributed by atoms with Crippen LogP contribution in [0, 0.1) is 6.92 Å². The Hall–Kier alpha value is -1.01. The Morgan fingerprint density at radius 3 is 3.06 bits per heavy atom. The minimum Gasteiger partial charge on any atom is -0.375 e. The largest absolute Gasteiger partial charge is 0.375 e. The second-order valence-corrected chi connectivity index (χ2v) is 5.27. The normalized spacial score (nSPS) is 10.1. The lowest BCUT2D eigenvalue weighted by Gasteiger charge is -2.02. The molecular weight excluding hydrogens is 242 g/mol. The quantitative estimate of drug-likeness (QED) is 0.601. The lowest BCUT2D eigenvalue weighted by molar-refractivity contribution is 0.0959. The van der Waals surface area contributed by atoms with E-state index in [9.17, 15) is 4.79 Å². The molecule has 1 heterocycles. The maximum atomic E-state index is 11.7. The van der Waals surface area contributed by atoms with Crippen LogP contribution < -0.4 is 11.1 Å². The highest BCUT2D eigenvalue weighted by Gasteiger charge is 2.12. The number of amides is 1. The molecule has 0 bridgehead atoms. The monoisotopic (exact) mass is 257 g/mol. The first-order chi connectivity index (χ1) is 7.65. The molecule has 0 unspecified atom stereocenters. The minimum absolute atomic E-state index is 0.0918. The molecule has 1 aromatic rings. The number of nitrogens with one attached hydrogen (secondary N) is 1. The highest BCUT2D eigenvalue weighted by Crippen LogP contribution is 2.19. The zero-order valence-corrected chi connectivity index (χ0v) is 10.8. The number of anilines is 1. The molecule has 0 spiro atoms. The van der Waals surface area contributed by atoms with Gasteiger partial charge in [-0.2, -0.15) is 11.8 Å². The highest BCUT2D eigenvalue weighted by molar-refractivity contribution is 7.99. The van der Waals surface area contributed by atoms with Gasteiger partial charge in [0, 0.05) is 18.1 Å². The van der Waals surface area contributed by atoms with Gasteiger partial charge in [0.1, 0.15) is 4.88 Å². The maximum Gasteiger partial charge on any atom is 0.263 e. The predicted octanol–water partition coefficient (Wildman–Crippen LogP) is 1.68. The number of carbonyl (C=O) groups is 1. The SMILES string of the molecule is C=CCSCCNC(=O)c1sc(N)nc1C. The van der Waals surface area contributed by atoms with Crippen molar-refractivity contribution in [3.8, 4) is 0 Å². The number of aryl methyl sites for hydroxylation is 1. The fraction of sp³-hybridized carbons (Fsp3) is 0.400. The number of thioether (sulfide) groups is 1. The van der Waals surface area contributed by atoms with Gasteiger partial charge in [0.15, 0.2) is 5.13 Å².